The van der Waals surface area contributed by atoms with E-state index in [1.54, 1.807) is 0 Å². The van der Waals surface area contributed by atoms with Crippen molar-refractivity contribution in [2.75, 3.05) is 0 Å². The van der Waals surface area contributed by atoms with Crippen molar-refractivity contribution in [1.29, 1.82) is 0 Å². The molecule has 0 aromatic rings. The normalized spacial score (nSPS) is 33.8. The van der Waals surface area contributed by atoms with Gasteiger partial charge in [-0.05, 0) is 48.0 Å². The number of aliphatic hydroxyl groups excluding tert-OH is 1. The smallest absolute Gasteiger partial charge is 0.105 e. The van der Waals surface area contributed by atoms with Crippen LogP contribution in [0.1, 0.15) is 48.0 Å². The van der Waals surface area contributed by atoms with Crippen LogP contribution >= 0.6 is 12.6 Å². The molecule has 96 valence electrons. The van der Waals surface area contributed by atoms with Gasteiger partial charge in [0.1, 0.15) is 4.93 Å². The van der Waals surface area contributed by atoms with Crippen LogP contribution in [0.25, 0.3) is 0 Å². The minimum absolute atomic E-state index is 0.0353. The summed E-state index contributed by atoms with van der Waals surface area (Å²) in [7, 11) is 0. The molecule has 3 nitrogen and oxygen atoms in total. The summed E-state index contributed by atoms with van der Waals surface area (Å²) in [5.41, 5.74) is -0.377. The molecule has 0 aromatic carbocycles. The SMILES string of the molecule is CC1(C)CC(OC(C)(C)S)C(O)C(C)(C)N1. The summed E-state index contributed by atoms with van der Waals surface area (Å²) in [6.45, 7) is 12.0. The van der Waals surface area contributed by atoms with Gasteiger partial charge in [-0.3, -0.25) is 0 Å². The fourth-order valence-corrected chi connectivity index (χ4v) is 2.69. The molecule has 0 bridgehead atoms. The Morgan fingerprint density at radius 1 is 1.31 bits per heavy atom. The van der Waals surface area contributed by atoms with Crippen molar-refractivity contribution in [1.82, 2.24) is 5.32 Å². The van der Waals surface area contributed by atoms with E-state index >= 15 is 0 Å². The van der Waals surface area contributed by atoms with Gasteiger partial charge in [0, 0.05) is 11.1 Å². The summed E-state index contributed by atoms with van der Waals surface area (Å²) in [4.78, 5) is -0.519. The molecule has 4 heteroatoms. The number of thiol groups is 1. The van der Waals surface area contributed by atoms with E-state index in [4.69, 9.17) is 4.74 Å². The van der Waals surface area contributed by atoms with Gasteiger partial charge in [-0.1, -0.05) is 0 Å². The molecule has 0 aromatic heterocycles. The molecule has 1 aliphatic rings. The lowest BCUT2D eigenvalue weighted by molar-refractivity contribution is -0.139. The highest BCUT2D eigenvalue weighted by atomic mass is 32.1. The summed E-state index contributed by atoms with van der Waals surface area (Å²) < 4.78 is 5.84. The van der Waals surface area contributed by atoms with Crippen LogP contribution in [0.2, 0.25) is 0 Å². The molecule has 0 spiro atoms. The van der Waals surface area contributed by atoms with Crippen LogP contribution in [-0.2, 0) is 4.74 Å². The molecule has 0 amide bonds. The van der Waals surface area contributed by atoms with Crippen LogP contribution in [0.4, 0.5) is 0 Å². The van der Waals surface area contributed by atoms with Crippen LogP contribution in [0.5, 0.6) is 0 Å². The maximum absolute atomic E-state index is 10.3. The number of nitrogens with one attached hydrogen (secondary N) is 1. The Labute approximate surface area is 104 Å². The van der Waals surface area contributed by atoms with E-state index in [9.17, 15) is 5.11 Å². The van der Waals surface area contributed by atoms with Crippen molar-refractivity contribution < 1.29 is 9.84 Å². The van der Waals surface area contributed by atoms with Crippen molar-refractivity contribution in [2.45, 2.75) is 76.2 Å². The maximum Gasteiger partial charge on any atom is 0.105 e. The molecule has 2 N–H and O–H groups in total. The number of ether oxygens (including phenoxy) is 1. The second-order valence-corrected chi connectivity index (χ2v) is 7.56. The molecule has 0 aliphatic carbocycles. The lowest BCUT2D eigenvalue weighted by Gasteiger charge is -2.50. The molecule has 1 rings (SSSR count). The standard InChI is InChI=1S/C12H25NO2S/c1-10(2)7-8(15-12(5,6)16)9(14)11(3,4)13-10/h8-9,13-14,16H,7H2,1-6H3. The Bertz CT molecular complexity index is 256. The first kappa shape index (κ1) is 14.3. The molecule has 0 saturated carbocycles. The Balaban J connectivity index is 2.84. The van der Waals surface area contributed by atoms with Gasteiger partial charge in [0.25, 0.3) is 0 Å². The van der Waals surface area contributed by atoms with Crippen LogP contribution in [-0.4, -0.2) is 33.3 Å². The fraction of sp³-hybridized carbons (Fsp3) is 1.00. The Morgan fingerprint density at radius 2 is 1.81 bits per heavy atom. The molecule has 1 saturated heterocycles. The van der Waals surface area contributed by atoms with Crippen LogP contribution in [0, 0.1) is 0 Å². The lowest BCUT2D eigenvalue weighted by atomic mass is 9.78. The van der Waals surface area contributed by atoms with Crippen LogP contribution in [0.15, 0.2) is 0 Å². The highest BCUT2D eigenvalue weighted by Gasteiger charge is 2.46. The quantitative estimate of drug-likeness (QED) is 0.516. The first-order valence-corrected chi connectivity index (χ1v) is 6.25. The summed E-state index contributed by atoms with van der Waals surface area (Å²) >= 11 is 4.37. The number of piperidine rings is 1. The van der Waals surface area contributed by atoms with Crippen molar-refractivity contribution >= 4 is 12.6 Å². The van der Waals surface area contributed by atoms with Crippen molar-refractivity contribution in [3.8, 4) is 0 Å². The third-order valence-electron chi connectivity index (χ3n) is 2.90. The molecule has 1 heterocycles. The summed E-state index contributed by atoms with van der Waals surface area (Å²) in [5, 5.41) is 13.7. The zero-order valence-corrected chi connectivity index (χ0v) is 12.1. The predicted molar refractivity (Wildman–Crippen MR) is 69.9 cm³/mol. The minimum Gasteiger partial charge on any atom is -0.389 e. The number of aliphatic hydroxyl groups is 1. The van der Waals surface area contributed by atoms with E-state index in [2.05, 4.69) is 31.8 Å². The predicted octanol–water partition coefficient (Wildman–Crippen LogP) is 1.95. The third-order valence-corrected chi connectivity index (χ3v) is 3.01. The molecule has 1 fully saturated rings. The third kappa shape index (κ3) is 3.62. The molecular formula is C12H25NO2S. The van der Waals surface area contributed by atoms with Gasteiger partial charge in [-0.15, -0.1) is 12.6 Å². The number of rotatable bonds is 2. The minimum atomic E-state index is -0.521. The average molecular weight is 247 g/mol. The molecule has 2 atom stereocenters. The van der Waals surface area contributed by atoms with Crippen molar-refractivity contribution in [2.24, 2.45) is 0 Å². The topological polar surface area (TPSA) is 41.5 Å². The first-order chi connectivity index (χ1) is 6.93. The molecule has 16 heavy (non-hydrogen) atoms. The highest BCUT2D eigenvalue weighted by Crippen LogP contribution is 2.33. The van der Waals surface area contributed by atoms with Gasteiger partial charge >= 0.3 is 0 Å². The van der Waals surface area contributed by atoms with E-state index in [0.29, 0.717) is 0 Å². The zero-order valence-electron chi connectivity index (χ0n) is 11.2. The van der Waals surface area contributed by atoms with Gasteiger partial charge in [-0.25, -0.2) is 0 Å². The summed E-state index contributed by atoms with van der Waals surface area (Å²) in [6, 6.07) is 0. The summed E-state index contributed by atoms with van der Waals surface area (Å²) in [6.07, 6.45) is 0.0763. The van der Waals surface area contributed by atoms with E-state index in [-0.39, 0.29) is 17.2 Å². The van der Waals surface area contributed by atoms with Gasteiger partial charge < -0.3 is 15.2 Å². The fourth-order valence-electron chi connectivity index (χ4n) is 2.55. The second kappa shape index (κ2) is 4.16. The van der Waals surface area contributed by atoms with E-state index < -0.39 is 11.0 Å². The zero-order chi connectivity index (χ0) is 12.8. The van der Waals surface area contributed by atoms with Crippen molar-refractivity contribution in [3.63, 3.8) is 0 Å². The van der Waals surface area contributed by atoms with Gasteiger partial charge in [0.15, 0.2) is 0 Å². The second-order valence-electron chi connectivity index (χ2n) is 6.48. The lowest BCUT2D eigenvalue weighted by Crippen LogP contribution is -2.68. The van der Waals surface area contributed by atoms with E-state index in [1.807, 2.05) is 27.7 Å². The van der Waals surface area contributed by atoms with Gasteiger partial charge in [-0.2, -0.15) is 0 Å². The summed E-state index contributed by atoms with van der Waals surface area (Å²) in [5.74, 6) is 0. The van der Waals surface area contributed by atoms with Gasteiger partial charge in [0.05, 0.1) is 12.2 Å². The van der Waals surface area contributed by atoms with Gasteiger partial charge in [0.2, 0.25) is 0 Å². The Morgan fingerprint density at radius 3 is 2.25 bits per heavy atom. The molecule has 1 aliphatic heterocycles. The average Bonchev–Trinajstić information content (AvgIpc) is 1.93. The largest absolute Gasteiger partial charge is 0.389 e. The Hall–Kier alpha value is 0.230. The first-order valence-electron chi connectivity index (χ1n) is 5.81. The highest BCUT2D eigenvalue weighted by molar-refractivity contribution is 7.81. The van der Waals surface area contributed by atoms with E-state index in [0.717, 1.165) is 6.42 Å². The number of hydrogen-bond acceptors (Lipinski definition) is 4. The number of hydrogen-bond donors (Lipinski definition) is 3. The van der Waals surface area contributed by atoms with E-state index in [1.165, 1.54) is 0 Å². The maximum atomic E-state index is 10.3. The molecule has 2 unspecified atom stereocenters. The Kier molecular flexibility index (Phi) is 3.72. The monoisotopic (exact) mass is 247 g/mol. The molecule has 0 radical (unpaired) electrons. The van der Waals surface area contributed by atoms with Crippen molar-refractivity contribution in [3.05, 3.63) is 0 Å². The molecular weight excluding hydrogens is 222 g/mol. The van der Waals surface area contributed by atoms with Crippen LogP contribution in [0.3, 0.4) is 0 Å². The van der Waals surface area contributed by atoms with Crippen LogP contribution < -0.4 is 5.32 Å².